The third kappa shape index (κ3) is 2.95. The highest BCUT2D eigenvalue weighted by atomic mass is 19.1. The van der Waals surface area contributed by atoms with Crippen LogP contribution in [0.2, 0.25) is 0 Å². The van der Waals surface area contributed by atoms with Gasteiger partial charge >= 0.3 is 0 Å². The van der Waals surface area contributed by atoms with Crippen LogP contribution in [0.4, 0.5) is 4.39 Å². The Balaban J connectivity index is 1.62. The number of hydrogen-bond acceptors (Lipinski definition) is 3. The second-order valence-electron chi connectivity index (χ2n) is 8.16. The van der Waals surface area contributed by atoms with Crippen molar-refractivity contribution in [3.8, 4) is 5.75 Å². The van der Waals surface area contributed by atoms with Crippen LogP contribution in [0, 0.1) is 22.6 Å². The molecule has 5 nitrogen and oxygen atoms in total. The first-order valence-corrected chi connectivity index (χ1v) is 9.12. The Kier molecular flexibility index (Phi) is 4.71. The first kappa shape index (κ1) is 18.7. The molecule has 3 rings (SSSR count). The van der Waals surface area contributed by atoms with Gasteiger partial charge in [0.05, 0.1) is 18.5 Å². The number of halogens is 1. The van der Waals surface area contributed by atoms with Crippen LogP contribution in [-0.4, -0.2) is 43.0 Å². The van der Waals surface area contributed by atoms with Crippen LogP contribution in [0.3, 0.4) is 0 Å². The third-order valence-corrected chi connectivity index (χ3v) is 6.51. The fourth-order valence-electron chi connectivity index (χ4n) is 4.25. The molecule has 2 amide bonds. The summed E-state index contributed by atoms with van der Waals surface area (Å²) < 4.78 is 18.7. The minimum absolute atomic E-state index is 0.00709. The van der Waals surface area contributed by atoms with Crippen LogP contribution in [0.25, 0.3) is 0 Å². The van der Waals surface area contributed by atoms with Crippen molar-refractivity contribution in [2.45, 2.75) is 39.7 Å². The lowest BCUT2D eigenvalue weighted by molar-refractivity contribution is -0.157. The second kappa shape index (κ2) is 6.56. The van der Waals surface area contributed by atoms with Gasteiger partial charge in [-0.05, 0) is 42.5 Å². The smallest absolute Gasteiger partial charge is 0.229 e. The van der Waals surface area contributed by atoms with E-state index in [9.17, 15) is 14.0 Å². The van der Waals surface area contributed by atoms with Gasteiger partial charge < -0.3 is 15.0 Å². The molecule has 1 aliphatic carbocycles. The molecular formula is C20H27FN2O3. The number of benzene rings is 1. The zero-order valence-electron chi connectivity index (χ0n) is 15.8. The number of rotatable bonds is 4. The number of likely N-dealkylation sites (tertiary alicyclic amines) is 1. The molecular weight excluding hydrogens is 335 g/mol. The molecule has 1 saturated carbocycles. The second-order valence-corrected chi connectivity index (χ2v) is 8.16. The van der Waals surface area contributed by atoms with E-state index < -0.39 is 10.8 Å². The van der Waals surface area contributed by atoms with Gasteiger partial charge in [0.2, 0.25) is 11.8 Å². The minimum Gasteiger partial charge on any atom is -0.487 e. The van der Waals surface area contributed by atoms with E-state index in [0.717, 1.165) is 6.42 Å². The van der Waals surface area contributed by atoms with Gasteiger partial charge in [0.15, 0.2) is 0 Å². The molecule has 0 spiro atoms. The molecule has 1 aromatic rings. The SMILES string of the molecule is CNC(=O)[C@H]1CC[C@@](C)(C(=O)N2CC(Oc3ccc(F)cc3)C2)C1(C)C. The minimum atomic E-state index is -0.564. The van der Waals surface area contributed by atoms with Crippen LogP contribution >= 0.6 is 0 Å². The van der Waals surface area contributed by atoms with Crippen molar-refractivity contribution >= 4 is 11.8 Å². The fraction of sp³-hybridized carbons (Fsp3) is 0.600. The number of ether oxygens (including phenoxy) is 1. The molecule has 0 aromatic heterocycles. The fourth-order valence-corrected chi connectivity index (χ4v) is 4.25. The van der Waals surface area contributed by atoms with E-state index in [2.05, 4.69) is 5.32 Å². The molecule has 1 aromatic carbocycles. The number of carbonyl (C=O) groups excluding carboxylic acids is 2. The quantitative estimate of drug-likeness (QED) is 0.896. The van der Waals surface area contributed by atoms with Gasteiger partial charge in [-0.15, -0.1) is 0 Å². The predicted molar refractivity (Wildman–Crippen MR) is 96.1 cm³/mol. The molecule has 0 bridgehead atoms. The van der Waals surface area contributed by atoms with E-state index in [1.165, 1.54) is 12.1 Å². The van der Waals surface area contributed by atoms with Crippen molar-refractivity contribution in [1.29, 1.82) is 0 Å². The first-order chi connectivity index (χ1) is 12.2. The normalized spacial score (nSPS) is 27.7. The summed E-state index contributed by atoms with van der Waals surface area (Å²) >= 11 is 0. The van der Waals surface area contributed by atoms with Crippen LogP contribution in [-0.2, 0) is 9.59 Å². The van der Waals surface area contributed by atoms with Crippen molar-refractivity contribution in [2.24, 2.45) is 16.7 Å². The molecule has 2 fully saturated rings. The molecule has 2 aliphatic rings. The van der Waals surface area contributed by atoms with Crippen molar-refractivity contribution in [3.63, 3.8) is 0 Å². The molecule has 142 valence electrons. The number of hydrogen-bond donors (Lipinski definition) is 1. The zero-order chi connectivity index (χ0) is 19.1. The largest absolute Gasteiger partial charge is 0.487 e. The van der Waals surface area contributed by atoms with E-state index >= 15 is 0 Å². The Bertz CT molecular complexity index is 698. The van der Waals surface area contributed by atoms with Gasteiger partial charge in [-0.25, -0.2) is 4.39 Å². The van der Waals surface area contributed by atoms with Gasteiger partial charge in [0, 0.05) is 13.0 Å². The van der Waals surface area contributed by atoms with E-state index in [1.807, 2.05) is 25.7 Å². The van der Waals surface area contributed by atoms with Crippen molar-refractivity contribution in [1.82, 2.24) is 10.2 Å². The van der Waals surface area contributed by atoms with Crippen LogP contribution in [0.1, 0.15) is 33.6 Å². The van der Waals surface area contributed by atoms with Crippen molar-refractivity contribution in [3.05, 3.63) is 30.1 Å². The lowest BCUT2D eigenvalue weighted by Gasteiger charge is -2.47. The molecule has 26 heavy (non-hydrogen) atoms. The Labute approximate surface area is 153 Å². The summed E-state index contributed by atoms with van der Waals surface area (Å²) in [6.45, 7) is 7.06. The highest BCUT2D eigenvalue weighted by molar-refractivity contribution is 5.87. The number of carbonyl (C=O) groups is 2. The van der Waals surface area contributed by atoms with E-state index in [0.29, 0.717) is 25.3 Å². The molecule has 1 N–H and O–H groups in total. The Morgan fingerprint density at radius 3 is 2.38 bits per heavy atom. The Morgan fingerprint density at radius 1 is 1.19 bits per heavy atom. The number of nitrogens with zero attached hydrogens (tertiary/aromatic N) is 1. The molecule has 0 radical (unpaired) electrons. The van der Waals surface area contributed by atoms with Gasteiger partial charge in [0.1, 0.15) is 17.7 Å². The van der Waals surface area contributed by atoms with Gasteiger partial charge in [-0.3, -0.25) is 9.59 Å². The molecule has 1 aliphatic heterocycles. The van der Waals surface area contributed by atoms with Crippen LogP contribution in [0.5, 0.6) is 5.75 Å². The summed E-state index contributed by atoms with van der Waals surface area (Å²) in [6.07, 6.45) is 1.35. The highest BCUT2D eigenvalue weighted by Gasteiger charge is 2.59. The molecule has 0 unspecified atom stereocenters. The van der Waals surface area contributed by atoms with Crippen LogP contribution < -0.4 is 10.1 Å². The summed E-state index contributed by atoms with van der Waals surface area (Å²) in [5, 5.41) is 2.72. The highest BCUT2D eigenvalue weighted by Crippen LogP contribution is 2.57. The summed E-state index contributed by atoms with van der Waals surface area (Å²) in [6, 6.07) is 5.90. The van der Waals surface area contributed by atoms with Gasteiger partial charge in [0.25, 0.3) is 0 Å². The molecule has 6 heteroatoms. The Morgan fingerprint density at radius 2 is 1.81 bits per heavy atom. The average molecular weight is 362 g/mol. The lowest BCUT2D eigenvalue weighted by atomic mass is 9.64. The first-order valence-electron chi connectivity index (χ1n) is 9.12. The maximum absolute atomic E-state index is 13.2. The molecule has 1 saturated heterocycles. The molecule has 1 heterocycles. The standard InChI is InChI=1S/C20H27FN2O3/c1-19(2)16(17(24)22-4)9-10-20(19,3)18(25)23-11-15(12-23)26-14-7-5-13(21)6-8-14/h5-8,15-16H,9-12H2,1-4H3,(H,22,24)/t16-,20+/m1/s1. The van der Waals surface area contributed by atoms with Crippen LogP contribution in [0.15, 0.2) is 24.3 Å². The number of nitrogens with one attached hydrogen (secondary N) is 1. The maximum atomic E-state index is 13.2. The zero-order valence-corrected chi connectivity index (χ0v) is 15.8. The summed E-state index contributed by atoms with van der Waals surface area (Å²) in [4.78, 5) is 27.2. The summed E-state index contributed by atoms with van der Waals surface area (Å²) in [5.41, 5.74) is -0.974. The van der Waals surface area contributed by atoms with Crippen molar-refractivity contribution in [2.75, 3.05) is 20.1 Å². The maximum Gasteiger partial charge on any atom is 0.229 e. The topological polar surface area (TPSA) is 58.6 Å². The van der Waals surface area contributed by atoms with Crippen molar-refractivity contribution < 1.29 is 18.7 Å². The van der Waals surface area contributed by atoms with Gasteiger partial charge in [-0.2, -0.15) is 0 Å². The van der Waals surface area contributed by atoms with E-state index in [1.54, 1.807) is 19.2 Å². The Hall–Kier alpha value is -2.11. The average Bonchev–Trinajstić information content (AvgIpc) is 2.82. The van der Waals surface area contributed by atoms with Gasteiger partial charge in [-0.1, -0.05) is 20.8 Å². The third-order valence-electron chi connectivity index (χ3n) is 6.51. The molecule has 2 atom stereocenters. The number of amides is 2. The monoisotopic (exact) mass is 362 g/mol. The summed E-state index contributed by atoms with van der Waals surface area (Å²) in [7, 11) is 1.64. The van der Waals surface area contributed by atoms with E-state index in [4.69, 9.17) is 4.74 Å². The predicted octanol–water partition coefficient (Wildman–Crippen LogP) is 2.60. The summed E-state index contributed by atoms with van der Waals surface area (Å²) in [5.74, 6) is 0.245. The van der Waals surface area contributed by atoms with E-state index in [-0.39, 0.29) is 29.7 Å². The lowest BCUT2D eigenvalue weighted by Crippen LogP contribution is -2.61.